The van der Waals surface area contributed by atoms with Gasteiger partial charge in [-0.25, -0.2) is 4.79 Å². The number of rotatable bonds is 6. The molecule has 3 aromatic rings. The number of carbonyl (C=O) groups is 1. The summed E-state index contributed by atoms with van der Waals surface area (Å²) in [5.41, 5.74) is 1.04. The summed E-state index contributed by atoms with van der Waals surface area (Å²) in [6.07, 6.45) is 2.64. The summed E-state index contributed by atoms with van der Waals surface area (Å²) in [5, 5.41) is 5.95. The molecule has 8 nitrogen and oxygen atoms in total. The highest BCUT2D eigenvalue weighted by Gasteiger charge is 2.20. The molecule has 1 aliphatic heterocycles. The fourth-order valence-electron chi connectivity index (χ4n) is 3.36. The van der Waals surface area contributed by atoms with Crippen molar-refractivity contribution in [2.24, 2.45) is 0 Å². The lowest BCUT2D eigenvalue weighted by atomic mass is 10.2. The SMILES string of the molecule is O=C(Nc1ccc(Nc2ccccc2)cc1)c1c[nH]c(=O)n(CC2CCCO2)c1=O. The number of benzene rings is 2. The number of anilines is 3. The monoisotopic (exact) mass is 406 g/mol. The average Bonchev–Trinajstić information content (AvgIpc) is 3.26. The molecule has 1 unspecified atom stereocenters. The zero-order valence-electron chi connectivity index (χ0n) is 16.3. The quantitative estimate of drug-likeness (QED) is 0.584. The van der Waals surface area contributed by atoms with E-state index < -0.39 is 17.2 Å². The van der Waals surface area contributed by atoms with E-state index in [1.165, 1.54) is 0 Å². The molecule has 1 fully saturated rings. The molecule has 1 saturated heterocycles. The van der Waals surface area contributed by atoms with Crippen LogP contribution in [-0.2, 0) is 11.3 Å². The minimum atomic E-state index is -0.630. The minimum absolute atomic E-state index is 0.126. The summed E-state index contributed by atoms with van der Waals surface area (Å²) in [6.45, 7) is 0.752. The van der Waals surface area contributed by atoms with Gasteiger partial charge in [-0.05, 0) is 49.2 Å². The Labute approximate surface area is 172 Å². The van der Waals surface area contributed by atoms with Gasteiger partial charge in [-0.2, -0.15) is 0 Å². The molecular formula is C22H22N4O4. The number of H-pyrrole nitrogens is 1. The molecule has 0 aliphatic carbocycles. The molecule has 2 heterocycles. The molecule has 1 atom stereocenters. The van der Waals surface area contributed by atoms with Crippen molar-refractivity contribution in [1.29, 1.82) is 0 Å². The van der Waals surface area contributed by atoms with Crippen LogP contribution in [0.3, 0.4) is 0 Å². The number of ether oxygens (including phenoxy) is 1. The standard InChI is InChI=1S/C22H22N4O4/c27-20(19-13-23-22(29)26(21(19)28)14-18-7-4-12-30-18)25-17-10-8-16(9-11-17)24-15-5-2-1-3-6-15/h1-3,5-6,8-11,13,18,24H,4,7,12,14H2,(H,23,29)(H,25,27). The van der Waals surface area contributed by atoms with Gasteiger partial charge in [0.05, 0.1) is 12.6 Å². The number of nitrogens with zero attached hydrogens (tertiary/aromatic N) is 1. The fourth-order valence-corrected chi connectivity index (χ4v) is 3.36. The van der Waals surface area contributed by atoms with Crippen LogP contribution in [0.25, 0.3) is 0 Å². The summed E-state index contributed by atoms with van der Waals surface area (Å²) in [4.78, 5) is 39.8. The van der Waals surface area contributed by atoms with Gasteiger partial charge >= 0.3 is 5.69 Å². The summed E-state index contributed by atoms with van der Waals surface area (Å²) in [5.74, 6) is -0.582. The maximum absolute atomic E-state index is 12.7. The summed E-state index contributed by atoms with van der Waals surface area (Å²) in [7, 11) is 0. The fraction of sp³-hybridized carbons (Fsp3) is 0.227. The van der Waals surface area contributed by atoms with E-state index in [2.05, 4.69) is 15.6 Å². The molecule has 3 N–H and O–H groups in total. The smallest absolute Gasteiger partial charge is 0.328 e. The van der Waals surface area contributed by atoms with Gasteiger partial charge in [-0.3, -0.25) is 14.2 Å². The van der Waals surface area contributed by atoms with Crippen LogP contribution in [0.1, 0.15) is 23.2 Å². The first-order chi connectivity index (χ1) is 14.6. The van der Waals surface area contributed by atoms with Crippen LogP contribution in [0, 0.1) is 0 Å². The van der Waals surface area contributed by atoms with Crippen LogP contribution >= 0.6 is 0 Å². The van der Waals surface area contributed by atoms with Crippen molar-refractivity contribution in [3.8, 4) is 0 Å². The first kappa shape index (κ1) is 19.7. The van der Waals surface area contributed by atoms with E-state index in [1.54, 1.807) is 12.1 Å². The molecule has 1 aromatic heterocycles. The van der Waals surface area contributed by atoms with Crippen LogP contribution in [0.15, 0.2) is 70.4 Å². The minimum Gasteiger partial charge on any atom is -0.376 e. The molecule has 0 spiro atoms. The lowest BCUT2D eigenvalue weighted by molar-refractivity contribution is 0.0941. The van der Waals surface area contributed by atoms with E-state index in [9.17, 15) is 14.4 Å². The second kappa shape index (κ2) is 8.79. The largest absolute Gasteiger partial charge is 0.376 e. The first-order valence-corrected chi connectivity index (χ1v) is 9.78. The third kappa shape index (κ3) is 4.49. The Morgan fingerprint density at radius 3 is 2.43 bits per heavy atom. The van der Waals surface area contributed by atoms with Crippen LogP contribution < -0.4 is 21.9 Å². The Kier molecular flexibility index (Phi) is 5.76. The summed E-state index contributed by atoms with van der Waals surface area (Å²) < 4.78 is 6.52. The molecule has 30 heavy (non-hydrogen) atoms. The summed E-state index contributed by atoms with van der Waals surface area (Å²) in [6, 6.07) is 16.8. The maximum Gasteiger partial charge on any atom is 0.328 e. The van der Waals surface area contributed by atoms with Crippen LogP contribution in [0.2, 0.25) is 0 Å². The second-order valence-corrected chi connectivity index (χ2v) is 7.08. The number of para-hydroxylation sites is 1. The van der Waals surface area contributed by atoms with E-state index >= 15 is 0 Å². The zero-order valence-corrected chi connectivity index (χ0v) is 16.3. The van der Waals surface area contributed by atoms with Gasteiger partial charge < -0.3 is 20.4 Å². The van der Waals surface area contributed by atoms with Crippen LogP contribution in [0.5, 0.6) is 0 Å². The van der Waals surface area contributed by atoms with E-state index in [0.29, 0.717) is 12.3 Å². The lowest BCUT2D eigenvalue weighted by Crippen LogP contribution is -2.41. The Morgan fingerprint density at radius 2 is 1.73 bits per heavy atom. The number of aromatic nitrogens is 2. The van der Waals surface area contributed by atoms with E-state index in [0.717, 1.165) is 35.0 Å². The molecule has 1 amide bonds. The Balaban J connectivity index is 1.47. The Hall–Kier alpha value is -3.65. The van der Waals surface area contributed by atoms with Gasteiger partial charge in [0.1, 0.15) is 5.56 Å². The number of carbonyl (C=O) groups excluding carboxylic acids is 1. The predicted molar refractivity (Wildman–Crippen MR) is 114 cm³/mol. The number of nitrogens with one attached hydrogen (secondary N) is 3. The lowest BCUT2D eigenvalue weighted by Gasteiger charge is -2.12. The van der Waals surface area contributed by atoms with Crippen LogP contribution in [0.4, 0.5) is 17.1 Å². The predicted octanol–water partition coefficient (Wildman–Crippen LogP) is 2.71. The van der Waals surface area contributed by atoms with E-state index in [-0.39, 0.29) is 18.2 Å². The van der Waals surface area contributed by atoms with Crippen molar-refractivity contribution in [2.45, 2.75) is 25.5 Å². The highest BCUT2D eigenvalue weighted by atomic mass is 16.5. The van der Waals surface area contributed by atoms with Crippen molar-refractivity contribution in [3.63, 3.8) is 0 Å². The van der Waals surface area contributed by atoms with Gasteiger partial charge in [0, 0.05) is 29.9 Å². The molecule has 0 bridgehead atoms. The molecule has 1 aliphatic rings. The van der Waals surface area contributed by atoms with E-state index in [4.69, 9.17) is 4.74 Å². The highest BCUT2D eigenvalue weighted by Crippen LogP contribution is 2.19. The van der Waals surface area contributed by atoms with Crippen molar-refractivity contribution < 1.29 is 9.53 Å². The third-order valence-corrected chi connectivity index (χ3v) is 4.92. The molecule has 0 saturated carbocycles. The van der Waals surface area contributed by atoms with Gasteiger partial charge in [-0.15, -0.1) is 0 Å². The normalized spacial score (nSPS) is 15.7. The van der Waals surface area contributed by atoms with Gasteiger partial charge in [0.15, 0.2) is 0 Å². The molecule has 4 rings (SSSR count). The van der Waals surface area contributed by atoms with E-state index in [1.807, 2.05) is 42.5 Å². The van der Waals surface area contributed by atoms with Gasteiger partial charge in [-0.1, -0.05) is 18.2 Å². The summed E-state index contributed by atoms with van der Waals surface area (Å²) >= 11 is 0. The van der Waals surface area contributed by atoms with Crippen molar-refractivity contribution >= 4 is 23.0 Å². The van der Waals surface area contributed by atoms with Crippen molar-refractivity contribution in [2.75, 3.05) is 17.2 Å². The maximum atomic E-state index is 12.7. The van der Waals surface area contributed by atoms with Gasteiger partial charge in [0.25, 0.3) is 11.5 Å². The van der Waals surface area contributed by atoms with Gasteiger partial charge in [0.2, 0.25) is 0 Å². The molecule has 8 heteroatoms. The van der Waals surface area contributed by atoms with Crippen molar-refractivity contribution in [3.05, 3.63) is 87.2 Å². The first-order valence-electron chi connectivity index (χ1n) is 9.78. The number of hydrogen-bond acceptors (Lipinski definition) is 5. The number of amides is 1. The van der Waals surface area contributed by atoms with Crippen molar-refractivity contribution in [1.82, 2.24) is 9.55 Å². The molecular weight excluding hydrogens is 384 g/mol. The number of aromatic amines is 1. The average molecular weight is 406 g/mol. The molecule has 2 aromatic carbocycles. The Bertz CT molecular complexity index is 1130. The second-order valence-electron chi connectivity index (χ2n) is 7.08. The Morgan fingerprint density at radius 1 is 1.03 bits per heavy atom. The number of hydrogen-bond donors (Lipinski definition) is 3. The highest BCUT2D eigenvalue weighted by molar-refractivity contribution is 6.03. The van der Waals surface area contributed by atoms with Crippen LogP contribution in [-0.4, -0.2) is 28.2 Å². The molecule has 0 radical (unpaired) electrons. The topological polar surface area (TPSA) is 105 Å². The molecule has 154 valence electrons. The third-order valence-electron chi connectivity index (χ3n) is 4.92. The zero-order chi connectivity index (χ0) is 20.9.